The van der Waals surface area contributed by atoms with Crippen molar-refractivity contribution in [2.24, 2.45) is 11.8 Å². The van der Waals surface area contributed by atoms with Crippen molar-refractivity contribution in [2.45, 2.75) is 46.6 Å². The summed E-state index contributed by atoms with van der Waals surface area (Å²) in [4.78, 5) is 38.6. The number of rotatable bonds is 7. The van der Waals surface area contributed by atoms with E-state index in [1.807, 2.05) is 31.7 Å². The summed E-state index contributed by atoms with van der Waals surface area (Å²) in [5.74, 6) is 0.721. The molecule has 0 saturated carbocycles. The molecule has 1 aliphatic heterocycles. The summed E-state index contributed by atoms with van der Waals surface area (Å²) in [6.07, 6.45) is 4.48. The number of nitrogens with one attached hydrogen (secondary N) is 1. The van der Waals surface area contributed by atoms with E-state index in [1.54, 1.807) is 11.9 Å². The smallest absolute Gasteiger partial charge is 0.249 e. The molecule has 0 radical (unpaired) electrons. The van der Waals surface area contributed by atoms with Gasteiger partial charge in [-0.2, -0.15) is 0 Å². The van der Waals surface area contributed by atoms with Crippen LogP contribution in [0.25, 0.3) is 0 Å². The highest BCUT2D eigenvalue weighted by molar-refractivity contribution is 5.93. The van der Waals surface area contributed by atoms with E-state index in [0.717, 1.165) is 25.9 Å². The number of likely N-dealkylation sites (tertiary alicyclic amines) is 1. The topological polar surface area (TPSA) is 69.7 Å². The van der Waals surface area contributed by atoms with Crippen molar-refractivity contribution in [3.63, 3.8) is 0 Å². The number of likely N-dealkylation sites (N-methyl/N-ethyl adjacent to an activating group) is 1. The number of nitrogens with zero attached hydrogens (tertiary/aromatic N) is 2. The fourth-order valence-electron chi connectivity index (χ4n) is 2.96. The molecule has 1 N–H and O–H groups in total. The van der Waals surface area contributed by atoms with Gasteiger partial charge in [0.05, 0.1) is 12.6 Å². The van der Waals surface area contributed by atoms with Crippen LogP contribution in [0.1, 0.15) is 40.5 Å². The van der Waals surface area contributed by atoms with E-state index in [2.05, 4.69) is 12.2 Å². The van der Waals surface area contributed by atoms with E-state index < -0.39 is 0 Å². The predicted molar refractivity (Wildman–Crippen MR) is 94.2 cm³/mol. The van der Waals surface area contributed by atoms with Crippen LogP contribution in [-0.4, -0.2) is 60.7 Å². The molecule has 1 unspecified atom stereocenters. The minimum absolute atomic E-state index is 0.0337. The number of amides is 3. The Bertz CT molecular complexity index is 480. The van der Waals surface area contributed by atoms with Gasteiger partial charge in [-0.15, -0.1) is 0 Å². The lowest BCUT2D eigenvalue weighted by atomic mass is 9.97. The van der Waals surface area contributed by atoms with Crippen molar-refractivity contribution in [3.05, 3.63) is 11.6 Å². The molecule has 6 heteroatoms. The molecule has 0 bridgehead atoms. The second-order valence-corrected chi connectivity index (χ2v) is 7.06. The monoisotopic (exact) mass is 337 g/mol. The van der Waals surface area contributed by atoms with E-state index in [9.17, 15) is 14.4 Å². The average molecular weight is 337 g/mol. The van der Waals surface area contributed by atoms with E-state index in [-0.39, 0.29) is 30.3 Å². The van der Waals surface area contributed by atoms with Gasteiger partial charge in [-0.05, 0) is 31.6 Å². The predicted octanol–water partition coefficient (Wildman–Crippen LogP) is 1.42. The lowest BCUT2D eigenvalue weighted by Crippen LogP contribution is -2.44. The highest BCUT2D eigenvalue weighted by atomic mass is 16.2. The Balaban J connectivity index is 2.80. The van der Waals surface area contributed by atoms with Gasteiger partial charge in [0.1, 0.15) is 0 Å². The molecule has 0 aliphatic carbocycles. The average Bonchev–Trinajstić information content (AvgIpc) is 2.56. The summed E-state index contributed by atoms with van der Waals surface area (Å²) >= 11 is 0. The van der Waals surface area contributed by atoms with Gasteiger partial charge in [-0.1, -0.05) is 26.8 Å². The molecule has 0 aromatic heterocycles. The first-order chi connectivity index (χ1) is 11.3. The van der Waals surface area contributed by atoms with E-state index >= 15 is 0 Å². The molecule has 1 fully saturated rings. The molecule has 3 amide bonds. The van der Waals surface area contributed by atoms with Gasteiger partial charge < -0.3 is 15.1 Å². The Morgan fingerprint density at radius 2 is 1.88 bits per heavy atom. The fourth-order valence-corrected chi connectivity index (χ4v) is 2.96. The minimum Gasteiger partial charge on any atom is -0.350 e. The quantitative estimate of drug-likeness (QED) is 0.564. The normalized spacial score (nSPS) is 17.6. The number of piperidine rings is 1. The maximum Gasteiger partial charge on any atom is 0.249 e. The van der Waals surface area contributed by atoms with Gasteiger partial charge in [-0.3, -0.25) is 14.4 Å². The molecule has 1 atom stereocenters. The zero-order chi connectivity index (χ0) is 18.3. The van der Waals surface area contributed by atoms with Crippen LogP contribution in [-0.2, 0) is 14.4 Å². The Kier molecular flexibility index (Phi) is 7.95. The Morgan fingerprint density at radius 3 is 2.38 bits per heavy atom. The molecule has 0 aromatic carbocycles. The van der Waals surface area contributed by atoms with Crippen molar-refractivity contribution in [3.8, 4) is 0 Å². The number of hydrogen-bond acceptors (Lipinski definition) is 3. The van der Waals surface area contributed by atoms with Gasteiger partial charge in [0.25, 0.3) is 0 Å². The molecular formula is C18H31N3O3. The van der Waals surface area contributed by atoms with Crippen molar-refractivity contribution in [1.82, 2.24) is 15.1 Å². The molecule has 1 aliphatic rings. The summed E-state index contributed by atoms with van der Waals surface area (Å²) in [6, 6.07) is -0.182. The van der Waals surface area contributed by atoms with Crippen LogP contribution in [0.3, 0.4) is 0 Å². The Morgan fingerprint density at radius 1 is 1.29 bits per heavy atom. The van der Waals surface area contributed by atoms with E-state index in [4.69, 9.17) is 0 Å². The van der Waals surface area contributed by atoms with Gasteiger partial charge in [0.15, 0.2) is 0 Å². The fraction of sp³-hybridized carbons (Fsp3) is 0.722. The summed E-state index contributed by atoms with van der Waals surface area (Å²) in [5, 5.41) is 2.39. The Hall–Kier alpha value is -1.85. The van der Waals surface area contributed by atoms with Gasteiger partial charge in [0, 0.05) is 25.7 Å². The maximum absolute atomic E-state index is 12.6. The van der Waals surface area contributed by atoms with Crippen LogP contribution in [0, 0.1) is 11.8 Å². The first kappa shape index (κ1) is 20.2. The number of hydrogen-bond donors (Lipinski definition) is 1. The van der Waals surface area contributed by atoms with Crippen LogP contribution in [0.2, 0.25) is 0 Å². The molecule has 1 saturated heterocycles. The highest BCUT2D eigenvalue weighted by Gasteiger charge is 2.25. The highest BCUT2D eigenvalue weighted by Crippen LogP contribution is 2.19. The second kappa shape index (κ2) is 9.45. The third kappa shape index (κ3) is 5.65. The first-order valence-electron chi connectivity index (χ1n) is 8.68. The molecule has 24 heavy (non-hydrogen) atoms. The lowest BCUT2D eigenvalue weighted by Gasteiger charge is -2.32. The largest absolute Gasteiger partial charge is 0.350 e. The maximum atomic E-state index is 12.6. The summed E-state index contributed by atoms with van der Waals surface area (Å²) in [5.41, 5.74) is 0.672. The van der Waals surface area contributed by atoms with Crippen LogP contribution >= 0.6 is 0 Å². The SMILES string of the molecule is C/C(=C\C(C(C)C)N(C)C(=O)CNC=O)C(=O)N1CCC(C)CC1. The summed E-state index contributed by atoms with van der Waals surface area (Å²) in [6.45, 7) is 9.63. The first-order valence-corrected chi connectivity index (χ1v) is 8.68. The van der Waals surface area contributed by atoms with Crippen LogP contribution in [0.15, 0.2) is 11.6 Å². The van der Waals surface area contributed by atoms with Crippen molar-refractivity contribution in [1.29, 1.82) is 0 Å². The Labute approximate surface area is 145 Å². The van der Waals surface area contributed by atoms with Gasteiger partial charge in [-0.25, -0.2) is 0 Å². The van der Waals surface area contributed by atoms with Crippen molar-refractivity contribution < 1.29 is 14.4 Å². The van der Waals surface area contributed by atoms with Crippen LogP contribution < -0.4 is 5.32 Å². The van der Waals surface area contributed by atoms with Crippen molar-refractivity contribution in [2.75, 3.05) is 26.7 Å². The number of carbonyl (C=O) groups excluding carboxylic acids is 3. The minimum atomic E-state index is -0.182. The molecule has 0 aromatic rings. The third-order valence-corrected chi connectivity index (χ3v) is 4.69. The molecule has 0 spiro atoms. The van der Waals surface area contributed by atoms with Gasteiger partial charge >= 0.3 is 0 Å². The zero-order valence-electron chi connectivity index (χ0n) is 15.5. The van der Waals surface area contributed by atoms with Gasteiger partial charge in [0.2, 0.25) is 18.2 Å². The van der Waals surface area contributed by atoms with Crippen LogP contribution in [0.4, 0.5) is 0 Å². The van der Waals surface area contributed by atoms with E-state index in [1.165, 1.54) is 0 Å². The summed E-state index contributed by atoms with van der Waals surface area (Å²) in [7, 11) is 1.70. The molecule has 136 valence electrons. The van der Waals surface area contributed by atoms with E-state index in [0.29, 0.717) is 17.9 Å². The zero-order valence-corrected chi connectivity index (χ0v) is 15.5. The number of carbonyl (C=O) groups is 3. The van der Waals surface area contributed by atoms with Crippen molar-refractivity contribution >= 4 is 18.2 Å². The standard InChI is InChI=1S/C18H31N3O3/c1-13(2)16(20(5)17(23)11-19-12-22)10-15(4)18(24)21-8-6-14(3)7-9-21/h10,12-14,16H,6-9,11H2,1-5H3,(H,19,22)/b15-10+. The lowest BCUT2D eigenvalue weighted by molar-refractivity contribution is -0.132. The molecule has 6 nitrogen and oxygen atoms in total. The third-order valence-electron chi connectivity index (χ3n) is 4.69. The molecular weight excluding hydrogens is 306 g/mol. The molecule has 1 rings (SSSR count). The molecule has 1 heterocycles. The second-order valence-electron chi connectivity index (χ2n) is 7.06. The summed E-state index contributed by atoms with van der Waals surface area (Å²) < 4.78 is 0. The van der Waals surface area contributed by atoms with Crippen LogP contribution in [0.5, 0.6) is 0 Å².